The molecule has 0 saturated carbocycles. The molecule has 2 aromatic heterocycles. The third-order valence-corrected chi connectivity index (χ3v) is 8.46. The number of nitrogens with zero attached hydrogens (tertiary/aromatic N) is 2. The van der Waals surface area contributed by atoms with Crippen LogP contribution < -0.4 is 4.74 Å². The molecule has 1 saturated heterocycles. The molecule has 7 nitrogen and oxygen atoms in total. The molecule has 0 unspecified atom stereocenters. The third-order valence-electron chi connectivity index (χ3n) is 4.62. The highest BCUT2D eigenvalue weighted by Gasteiger charge is 2.32. The molecule has 0 N–H and O–H groups in total. The largest absolute Gasteiger partial charge is 0.486 e. The Balaban J connectivity index is 1.35. The van der Waals surface area contributed by atoms with E-state index in [2.05, 4.69) is 4.98 Å². The Labute approximate surface area is 187 Å². The molecule has 0 radical (unpaired) electrons. The van der Waals surface area contributed by atoms with Gasteiger partial charge in [0.15, 0.2) is 0 Å². The monoisotopic (exact) mass is 482 g/mol. The molecule has 0 amide bonds. The summed E-state index contributed by atoms with van der Waals surface area (Å²) >= 11 is 2.39. The van der Waals surface area contributed by atoms with Gasteiger partial charge in [0.25, 0.3) is 0 Å². The van der Waals surface area contributed by atoms with Crippen LogP contribution in [-0.4, -0.2) is 36.8 Å². The molecule has 4 rings (SSSR count). The number of halogens is 1. The van der Waals surface area contributed by atoms with Crippen molar-refractivity contribution in [1.29, 1.82) is 0 Å². The maximum absolute atomic E-state index is 12.9. The zero-order valence-corrected chi connectivity index (χ0v) is 18.8. The van der Waals surface area contributed by atoms with E-state index in [1.165, 1.54) is 46.0 Å². The van der Waals surface area contributed by atoms with Crippen LogP contribution >= 0.6 is 22.7 Å². The lowest BCUT2D eigenvalue weighted by atomic mass is 10.3. The van der Waals surface area contributed by atoms with Crippen molar-refractivity contribution < 1.29 is 27.1 Å². The van der Waals surface area contributed by atoms with E-state index >= 15 is 0 Å². The highest BCUT2D eigenvalue weighted by Crippen LogP contribution is 2.28. The molecular formula is C20H19FN2O5S3. The number of thiophene rings is 1. The van der Waals surface area contributed by atoms with Gasteiger partial charge in [-0.2, -0.15) is 4.31 Å². The van der Waals surface area contributed by atoms with E-state index in [0.717, 1.165) is 24.2 Å². The van der Waals surface area contributed by atoms with Crippen LogP contribution in [-0.2, 0) is 28.0 Å². The van der Waals surface area contributed by atoms with Gasteiger partial charge in [-0.25, -0.2) is 22.6 Å². The van der Waals surface area contributed by atoms with E-state index < -0.39 is 16.0 Å². The van der Waals surface area contributed by atoms with Crippen LogP contribution in [0.2, 0.25) is 0 Å². The molecule has 1 aliphatic rings. The summed E-state index contributed by atoms with van der Waals surface area (Å²) in [4.78, 5) is 16.9. The van der Waals surface area contributed by atoms with Crippen LogP contribution in [0.4, 0.5) is 4.39 Å². The molecule has 11 heteroatoms. The second-order valence-electron chi connectivity index (χ2n) is 6.78. The van der Waals surface area contributed by atoms with Crippen LogP contribution in [0.15, 0.2) is 46.0 Å². The summed E-state index contributed by atoms with van der Waals surface area (Å²) in [5, 5.41) is 3.99. The summed E-state index contributed by atoms with van der Waals surface area (Å²) in [6.45, 7) is 1.06. The van der Waals surface area contributed by atoms with Gasteiger partial charge in [-0.3, -0.25) is 0 Å². The van der Waals surface area contributed by atoms with Gasteiger partial charge < -0.3 is 9.47 Å². The van der Waals surface area contributed by atoms with Crippen molar-refractivity contribution in [3.8, 4) is 5.75 Å². The van der Waals surface area contributed by atoms with Crippen LogP contribution in [0.1, 0.15) is 33.2 Å². The summed E-state index contributed by atoms with van der Waals surface area (Å²) < 4.78 is 50.8. The standard InChI is InChI=1S/C20H19FN2O5S3/c21-14-3-5-16(6-4-14)27-12-18-22-15(13-30-18)11-28-20(24)19-17(7-10-29-19)31(25,26)23-8-1-2-9-23/h3-7,10,13H,1-2,8-9,11-12H2. The second kappa shape index (κ2) is 9.43. The van der Waals surface area contributed by atoms with E-state index in [-0.39, 0.29) is 28.8 Å². The number of sulfonamides is 1. The fourth-order valence-corrected chi connectivity index (χ4v) is 6.57. The quantitative estimate of drug-likeness (QED) is 0.450. The van der Waals surface area contributed by atoms with E-state index in [1.54, 1.807) is 10.8 Å². The number of aromatic nitrogens is 1. The maximum Gasteiger partial charge on any atom is 0.350 e. The average Bonchev–Trinajstić information content (AvgIpc) is 3.53. The number of benzene rings is 1. The predicted octanol–water partition coefficient (Wildman–Crippen LogP) is 4.06. The molecule has 0 spiro atoms. The third kappa shape index (κ3) is 5.12. The van der Waals surface area contributed by atoms with E-state index in [4.69, 9.17) is 9.47 Å². The molecule has 1 aromatic carbocycles. The minimum absolute atomic E-state index is 0.00364. The first-order chi connectivity index (χ1) is 14.9. The molecule has 3 heterocycles. The molecule has 1 aliphatic heterocycles. The van der Waals surface area contributed by atoms with Crippen LogP contribution in [0.25, 0.3) is 0 Å². The number of esters is 1. The van der Waals surface area contributed by atoms with Gasteiger partial charge >= 0.3 is 5.97 Å². The van der Waals surface area contributed by atoms with Crippen molar-refractivity contribution in [2.45, 2.75) is 31.0 Å². The lowest BCUT2D eigenvalue weighted by molar-refractivity contribution is 0.0469. The highest BCUT2D eigenvalue weighted by atomic mass is 32.2. The number of thiazole rings is 1. The number of ether oxygens (including phenoxy) is 2. The molecule has 3 aromatic rings. The number of carbonyl (C=O) groups excluding carboxylic acids is 1. The minimum Gasteiger partial charge on any atom is -0.486 e. The fourth-order valence-electron chi connectivity index (χ4n) is 3.08. The molecule has 0 aliphatic carbocycles. The van der Waals surface area contributed by atoms with Gasteiger partial charge in [0.2, 0.25) is 10.0 Å². The van der Waals surface area contributed by atoms with Crippen LogP contribution in [0, 0.1) is 5.82 Å². The van der Waals surface area contributed by atoms with E-state index in [0.29, 0.717) is 29.5 Å². The van der Waals surface area contributed by atoms with Gasteiger partial charge in [-0.15, -0.1) is 22.7 Å². The topological polar surface area (TPSA) is 85.8 Å². The van der Waals surface area contributed by atoms with Gasteiger partial charge in [-0.1, -0.05) is 0 Å². The summed E-state index contributed by atoms with van der Waals surface area (Å²) in [5.74, 6) is -0.508. The summed E-state index contributed by atoms with van der Waals surface area (Å²) in [5.41, 5.74) is 0.538. The molecule has 0 bridgehead atoms. The van der Waals surface area contributed by atoms with E-state index in [1.807, 2.05) is 0 Å². The molecular weight excluding hydrogens is 463 g/mol. The average molecular weight is 483 g/mol. The zero-order chi connectivity index (χ0) is 21.8. The molecule has 31 heavy (non-hydrogen) atoms. The number of rotatable bonds is 8. The smallest absolute Gasteiger partial charge is 0.350 e. The lowest BCUT2D eigenvalue weighted by Crippen LogP contribution is -2.28. The zero-order valence-electron chi connectivity index (χ0n) is 16.3. The van der Waals surface area contributed by atoms with Crippen molar-refractivity contribution in [1.82, 2.24) is 9.29 Å². The Morgan fingerprint density at radius 1 is 1.10 bits per heavy atom. The van der Waals surface area contributed by atoms with Crippen molar-refractivity contribution in [3.05, 3.63) is 62.5 Å². The Bertz CT molecular complexity index is 1150. The highest BCUT2D eigenvalue weighted by molar-refractivity contribution is 7.89. The first-order valence-electron chi connectivity index (χ1n) is 9.50. The van der Waals surface area contributed by atoms with Crippen molar-refractivity contribution in [3.63, 3.8) is 0 Å². The summed E-state index contributed by atoms with van der Waals surface area (Å²) in [6.07, 6.45) is 1.64. The number of carbonyl (C=O) groups is 1. The first kappa shape index (κ1) is 21.9. The predicted molar refractivity (Wildman–Crippen MR) is 114 cm³/mol. The Morgan fingerprint density at radius 3 is 2.58 bits per heavy atom. The van der Waals surface area contributed by atoms with Gasteiger partial charge in [0, 0.05) is 18.5 Å². The van der Waals surface area contributed by atoms with Crippen molar-refractivity contribution >= 4 is 38.7 Å². The maximum atomic E-state index is 12.9. The number of hydrogen-bond acceptors (Lipinski definition) is 8. The number of hydrogen-bond donors (Lipinski definition) is 0. The SMILES string of the molecule is O=C(OCc1csc(COc2ccc(F)cc2)n1)c1sccc1S(=O)(=O)N1CCCC1. The van der Waals surface area contributed by atoms with E-state index in [9.17, 15) is 17.6 Å². The Morgan fingerprint density at radius 2 is 1.84 bits per heavy atom. The van der Waals surface area contributed by atoms with Gasteiger partial charge in [0.05, 0.1) is 5.69 Å². The Hall–Kier alpha value is -2.34. The molecule has 0 atom stereocenters. The summed E-state index contributed by atoms with van der Waals surface area (Å²) in [6, 6.07) is 7.12. The molecule has 164 valence electrons. The lowest BCUT2D eigenvalue weighted by Gasteiger charge is -2.15. The van der Waals surface area contributed by atoms with Crippen molar-refractivity contribution in [2.24, 2.45) is 0 Å². The minimum atomic E-state index is -3.70. The van der Waals surface area contributed by atoms with Crippen LogP contribution in [0.5, 0.6) is 5.75 Å². The van der Waals surface area contributed by atoms with Gasteiger partial charge in [0.1, 0.15) is 39.6 Å². The second-order valence-corrected chi connectivity index (χ2v) is 10.5. The molecule has 1 fully saturated rings. The Kier molecular flexibility index (Phi) is 6.65. The van der Waals surface area contributed by atoms with Crippen LogP contribution in [0.3, 0.4) is 0 Å². The first-order valence-corrected chi connectivity index (χ1v) is 12.7. The van der Waals surface area contributed by atoms with Crippen molar-refractivity contribution in [2.75, 3.05) is 13.1 Å². The normalized spacial score (nSPS) is 14.6. The summed E-state index contributed by atoms with van der Waals surface area (Å²) in [7, 11) is -3.70. The fraction of sp³-hybridized carbons (Fsp3) is 0.300. The van der Waals surface area contributed by atoms with Gasteiger partial charge in [-0.05, 0) is 48.6 Å².